The number of hydrogen-bond donors (Lipinski definition) is 1. The third-order valence-electron chi connectivity index (χ3n) is 4.01. The first-order valence-corrected chi connectivity index (χ1v) is 7.83. The van der Waals surface area contributed by atoms with Gasteiger partial charge in [0.25, 0.3) is 0 Å². The minimum absolute atomic E-state index is 0.0966. The molecule has 2 aromatic rings. The first-order valence-electron chi connectivity index (χ1n) is 7.45. The highest BCUT2D eigenvalue weighted by molar-refractivity contribution is 6.30. The fourth-order valence-corrected chi connectivity index (χ4v) is 3.04. The molecule has 1 N–H and O–H groups in total. The number of amides is 1. The first-order chi connectivity index (χ1) is 10.7. The molecule has 0 aromatic carbocycles. The van der Waals surface area contributed by atoms with E-state index in [9.17, 15) is 4.79 Å². The largest absolute Gasteiger partial charge is 0.474 e. The van der Waals surface area contributed by atoms with E-state index in [2.05, 4.69) is 15.3 Å². The molecule has 0 unspecified atom stereocenters. The van der Waals surface area contributed by atoms with Gasteiger partial charge in [-0.3, -0.25) is 9.78 Å². The molecule has 2 aromatic heterocycles. The van der Waals surface area contributed by atoms with E-state index in [-0.39, 0.29) is 12.1 Å². The third kappa shape index (κ3) is 3.30. The summed E-state index contributed by atoms with van der Waals surface area (Å²) in [4.78, 5) is 19.2. The van der Waals surface area contributed by atoms with Crippen LogP contribution < -0.4 is 10.1 Å². The van der Waals surface area contributed by atoms with Crippen LogP contribution in [0.3, 0.4) is 0 Å². The van der Waals surface area contributed by atoms with E-state index < -0.39 is 0 Å². The van der Waals surface area contributed by atoms with Crippen LogP contribution in [-0.4, -0.2) is 28.5 Å². The Hall–Kier alpha value is -1.88. The zero-order chi connectivity index (χ0) is 15.5. The maximum Gasteiger partial charge on any atom is 0.224 e. The molecular formula is C16H18ClN3O2. The number of nitrogens with zero attached hydrogens (tertiary/aromatic N) is 2. The van der Waals surface area contributed by atoms with E-state index >= 15 is 0 Å². The van der Waals surface area contributed by atoms with Crippen molar-refractivity contribution >= 4 is 28.9 Å². The topological polar surface area (TPSA) is 64.1 Å². The van der Waals surface area contributed by atoms with E-state index in [4.69, 9.17) is 16.3 Å². The molecule has 22 heavy (non-hydrogen) atoms. The molecule has 1 amide bonds. The van der Waals surface area contributed by atoms with Crippen molar-refractivity contribution in [3.8, 4) is 5.88 Å². The van der Waals surface area contributed by atoms with Crippen LogP contribution in [-0.2, 0) is 4.79 Å². The number of ether oxygens (including phenoxy) is 1. The molecule has 1 aliphatic rings. The van der Waals surface area contributed by atoms with Crippen LogP contribution in [0, 0.1) is 6.92 Å². The second kappa shape index (κ2) is 6.48. The summed E-state index contributed by atoms with van der Waals surface area (Å²) in [6.45, 7) is 1.99. The predicted octanol–water partition coefficient (Wildman–Crippen LogP) is 3.03. The second-order valence-electron chi connectivity index (χ2n) is 5.71. The Labute approximate surface area is 134 Å². The van der Waals surface area contributed by atoms with Crippen molar-refractivity contribution in [3.63, 3.8) is 0 Å². The molecule has 116 valence electrons. The maximum absolute atomic E-state index is 10.5. The molecule has 0 aliphatic heterocycles. The number of aryl methyl sites for hydroxylation is 1. The van der Waals surface area contributed by atoms with Crippen molar-refractivity contribution in [1.29, 1.82) is 0 Å². The first kappa shape index (κ1) is 15.0. The molecule has 5 nitrogen and oxygen atoms in total. The molecule has 0 bridgehead atoms. The molecule has 3 rings (SSSR count). The highest BCUT2D eigenvalue weighted by Gasteiger charge is 2.23. The minimum atomic E-state index is 0.0966. The van der Waals surface area contributed by atoms with E-state index in [1.54, 1.807) is 12.3 Å². The van der Waals surface area contributed by atoms with Gasteiger partial charge >= 0.3 is 0 Å². The van der Waals surface area contributed by atoms with Gasteiger partial charge in [0.2, 0.25) is 12.3 Å². The molecule has 1 fully saturated rings. The van der Waals surface area contributed by atoms with Crippen molar-refractivity contribution < 1.29 is 9.53 Å². The lowest BCUT2D eigenvalue weighted by Gasteiger charge is -2.28. The lowest BCUT2D eigenvalue weighted by Crippen LogP contribution is -2.35. The summed E-state index contributed by atoms with van der Waals surface area (Å²) in [6, 6.07) is 4.01. The number of rotatable bonds is 4. The quantitative estimate of drug-likeness (QED) is 0.695. The highest BCUT2D eigenvalue weighted by Crippen LogP contribution is 2.29. The Morgan fingerprint density at radius 1 is 1.32 bits per heavy atom. The number of halogens is 1. The Bertz CT molecular complexity index is 684. The number of nitrogens with one attached hydrogen (secondary N) is 1. The van der Waals surface area contributed by atoms with Crippen molar-refractivity contribution in [1.82, 2.24) is 15.3 Å². The number of carbonyl (C=O) groups excluding carboxylic acids is 1. The fourth-order valence-electron chi connectivity index (χ4n) is 2.86. The predicted molar refractivity (Wildman–Crippen MR) is 85.2 cm³/mol. The summed E-state index contributed by atoms with van der Waals surface area (Å²) in [5.41, 5.74) is 1.84. The Balaban J connectivity index is 1.79. The lowest BCUT2D eigenvalue weighted by molar-refractivity contribution is -0.110. The molecule has 2 heterocycles. The number of carbonyl (C=O) groups is 1. The van der Waals surface area contributed by atoms with Crippen LogP contribution in [0.25, 0.3) is 10.9 Å². The Kier molecular flexibility index (Phi) is 4.43. The van der Waals surface area contributed by atoms with E-state index in [1.807, 2.05) is 13.0 Å². The van der Waals surface area contributed by atoms with Gasteiger partial charge < -0.3 is 10.1 Å². The molecule has 1 saturated carbocycles. The average Bonchev–Trinajstić information content (AvgIpc) is 2.50. The zero-order valence-electron chi connectivity index (χ0n) is 12.4. The minimum Gasteiger partial charge on any atom is -0.474 e. The number of fused-ring (bicyclic) bond motifs is 1. The van der Waals surface area contributed by atoms with Gasteiger partial charge in [0.05, 0.1) is 10.9 Å². The van der Waals surface area contributed by atoms with E-state index in [1.165, 1.54) is 0 Å². The molecule has 0 saturated heterocycles. The Morgan fingerprint density at radius 2 is 2.09 bits per heavy atom. The SMILES string of the molecule is Cc1cnc2cc(Cl)nc(OC3CCC(NC=O)CC3)c2c1. The van der Waals surface area contributed by atoms with Crippen molar-refractivity contribution in [3.05, 3.63) is 29.0 Å². The number of hydrogen-bond acceptors (Lipinski definition) is 4. The van der Waals surface area contributed by atoms with Gasteiger partial charge in [-0.05, 0) is 44.2 Å². The van der Waals surface area contributed by atoms with Crippen LogP contribution in [0.4, 0.5) is 0 Å². The number of aromatic nitrogens is 2. The Morgan fingerprint density at radius 3 is 2.82 bits per heavy atom. The standard InChI is InChI=1S/C16H18ClN3O2/c1-10-6-13-14(18-8-10)7-15(17)20-16(13)22-12-4-2-11(3-5-12)19-9-21/h6-9,11-12H,2-5H2,1H3,(H,19,21). The third-order valence-corrected chi connectivity index (χ3v) is 4.20. The van der Waals surface area contributed by atoms with E-state index in [0.29, 0.717) is 11.0 Å². The van der Waals surface area contributed by atoms with Crippen molar-refractivity contribution in [2.45, 2.75) is 44.8 Å². The summed E-state index contributed by atoms with van der Waals surface area (Å²) in [5.74, 6) is 0.547. The summed E-state index contributed by atoms with van der Waals surface area (Å²) in [7, 11) is 0. The van der Waals surface area contributed by atoms with E-state index in [0.717, 1.165) is 48.6 Å². The summed E-state index contributed by atoms with van der Waals surface area (Å²) in [6.07, 6.45) is 6.28. The van der Waals surface area contributed by atoms with Gasteiger partial charge in [-0.25, -0.2) is 4.98 Å². The van der Waals surface area contributed by atoms with Crippen molar-refractivity contribution in [2.75, 3.05) is 0 Å². The van der Waals surface area contributed by atoms with Gasteiger partial charge in [0.1, 0.15) is 11.3 Å². The van der Waals surface area contributed by atoms with Gasteiger partial charge in [-0.15, -0.1) is 0 Å². The maximum atomic E-state index is 10.5. The van der Waals surface area contributed by atoms with Crippen LogP contribution in [0.2, 0.25) is 5.15 Å². The van der Waals surface area contributed by atoms with Crippen LogP contribution in [0.5, 0.6) is 5.88 Å². The molecule has 0 radical (unpaired) electrons. The molecule has 0 atom stereocenters. The van der Waals surface area contributed by atoms with Gasteiger partial charge in [-0.2, -0.15) is 0 Å². The summed E-state index contributed by atoms with van der Waals surface area (Å²) in [5, 5.41) is 4.10. The monoisotopic (exact) mass is 319 g/mol. The summed E-state index contributed by atoms with van der Waals surface area (Å²) < 4.78 is 6.08. The zero-order valence-corrected chi connectivity index (χ0v) is 13.1. The van der Waals surface area contributed by atoms with Gasteiger partial charge in [0.15, 0.2) is 0 Å². The summed E-state index contributed by atoms with van der Waals surface area (Å²) >= 11 is 6.07. The van der Waals surface area contributed by atoms with Gasteiger partial charge in [-0.1, -0.05) is 11.6 Å². The fraction of sp³-hybridized carbons (Fsp3) is 0.438. The lowest BCUT2D eigenvalue weighted by atomic mass is 9.93. The highest BCUT2D eigenvalue weighted by atomic mass is 35.5. The normalized spacial score (nSPS) is 21.5. The number of pyridine rings is 2. The van der Waals surface area contributed by atoms with Crippen LogP contribution in [0.1, 0.15) is 31.2 Å². The smallest absolute Gasteiger partial charge is 0.224 e. The van der Waals surface area contributed by atoms with Crippen LogP contribution in [0.15, 0.2) is 18.3 Å². The van der Waals surface area contributed by atoms with Crippen LogP contribution >= 0.6 is 11.6 Å². The van der Waals surface area contributed by atoms with Gasteiger partial charge in [0, 0.05) is 18.3 Å². The molecule has 0 spiro atoms. The average molecular weight is 320 g/mol. The van der Waals surface area contributed by atoms with Crippen molar-refractivity contribution in [2.24, 2.45) is 0 Å². The molecular weight excluding hydrogens is 302 g/mol. The molecule has 6 heteroatoms. The molecule has 1 aliphatic carbocycles. The second-order valence-corrected chi connectivity index (χ2v) is 6.09.